The Morgan fingerprint density at radius 1 is 1.22 bits per heavy atom. The molecule has 4 rings (SSSR count). The normalized spacial score (nSPS) is 19.7. The lowest BCUT2D eigenvalue weighted by Crippen LogP contribution is -2.74. The van der Waals surface area contributed by atoms with E-state index in [0.717, 1.165) is 9.78 Å². The van der Waals surface area contributed by atoms with Crippen molar-refractivity contribution in [2.24, 2.45) is 5.14 Å². The summed E-state index contributed by atoms with van der Waals surface area (Å²) in [6.07, 6.45) is -1.41. The van der Waals surface area contributed by atoms with Crippen LogP contribution in [-0.4, -0.2) is 79.9 Å². The van der Waals surface area contributed by atoms with Crippen molar-refractivity contribution in [3.8, 4) is 0 Å². The minimum atomic E-state index is -4.79. The molecule has 3 N–H and O–H groups in total. The Balaban J connectivity index is 1.65. The summed E-state index contributed by atoms with van der Waals surface area (Å²) in [5.74, 6) is -2.95. The molecular formula is C26H29N5O11S3. The van der Waals surface area contributed by atoms with E-state index in [9.17, 15) is 41.9 Å². The van der Waals surface area contributed by atoms with Crippen LogP contribution < -0.4 is 10.5 Å². The number of nitrogens with two attached hydrogens (primary N) is 1. The molecule has 3 atom stereocenters. The van der Waals surface area contributed by atoms with Gasteiger partial charge < -0.3 is 14.8 Å². The van der Waals surface area contributed by atoms with Crippen molar-refractivity contribution in [1.82, 2.24) is 14.5 Å². The molecule has 2 aliphatic heterocycles. The number of carbonyl (C=O) groups is 4. The number of nitro benzene ring substituents is 1. The van der Waals surface area contributed by atoms with Gasteiger partial charge in [0.25, 0.3) is 11.6 Å². The highest BCUT2D eigenvalue weighted by Crippen LogP contribution is 2.36. The molecule has 0 spiro atoms. The minimum Gasteiger partial charge on any atom is -0.456 e. The Bertz CT molecular complexity index is 1680. The van der Waals surface area contributed by atoms with Crippen molar-refractivity contribution in [2.45, 2.75) is 50.8 Å². The van der Waals surface area contributed by atoms with Gasteiger partial charge in [-0.05, 0) is 55.5 Å². The molecule has 3 amide bonds. The average molecular weight is 684 g/mol. The summed E-state index contributed by atoms with van der Waals surface area (Å²) in [6, 6.07) is 7.31. The van der Waals surface area contributed by atoms with E-state index in [0.29, 0.717) is 5.56 Å². The maximum absolute atomic E-state index is 13.5. The molecule has 16 nitrogen and oxygen atoms in total. The monoisotopic (exact) mass is 683 g/mol. The molecule has 0 saturated carbocycles. The lowest BCUT2D eigenvalue weighted by atomic mass is 10.0. The highest BCUT2D eigenvalue weighted by Gasteiger charge is 2.57. The van der Waals surface area contributed by atoms with Gasteiger partial charge in [0.1, 0.15) is 29.3 Å². The van der Waals surface area contributed by atoms with Gasteiger partial charge in [-0.15, -0.1) is 11.3 Å². The lowest BCUT2D eigenvalue weighted by Gasteiger charge is -2.49. The van der Waals surface area contributed by atoms with Crippen molar-refractivity contribution in [2.75, 3.05) is 12.3 Å². The molecule has 2 aromatic rings. The van der Waals surface area contributed by atoms with Gasteiger partial charge in [-0.25, -0.2) is 14.7 Å². The Labute approximate surface area is 263 Å². The van der Waals surface area contributed by atoms with Crippen molar-refractivity contribution in [1.29, 1.82) is 0 Å². The van der Waals surface area contributed by atoms with E-state index in [1.807, 2.05) is 0 Å². The van der Waals surface area contributed by atoms with Crippen LogP contribution in [0.3, 0.4) is 0 Å². The van der Waals surface area contributed by atoms with Gasteiger partial charge in [0.05, 0.1) is 34.4 Å². The third-order valence-electron chi connectivity index (χ3n) is 6.39. The smallest absolute Gasteiger partial charge is 0.425 e. The largest absolute Gasteiger partial charge is 0.456 e. The zero-order valence-electron chi connectivity index (χ0n) is 24.2. The molecule has 0 radical (unpaired) electrons. The Hall–Kier alpha value is -4.20. The van der Waals surface area contributed by atoms with Crippen molar-refractivity contribution in [3.63, 3.8) is 0 Å². The number of esters is 1. The Morgan fingerprint density at radius 2 is 1.89 bits per heavy atom. The maximum Gasteiger partial charge on any atom is 0.425 e. The Kier molecular flexibility index (Phi) is 9.76. The molecule has 1 saturated heterocycles. The number of rotatable bonds is 10. The van der Waals surface area contributed by atoms with Crippen LogP contribution in [0.2, 0.25) is 0 Å². The predicted octanol–water partition coefficient (Wildman–Crippen LogP) is 1.05. The fraction of sp³-hybridized carbons (Fsp3) is 0.385. The molecule has 1 aromatic carbocycles. The molecule has 1 fully saturated rings. The van der Waals surface area contributed by atoms with Crippen LogP contribution in [0.15, 0.2) is 53.0 Å². The molecular weight excluding hydrogens is 655 g/mol. The number of fused-ring (bicyclic) bond motifs is 1. The highest BCUT2D eigenvalue weighted by molar-refractivity contribution is 7.87. The predicted molar refractivity (Wildman–Crippen MR) is 160 cm³/mol. The first-order valence-electron chi connectivity index (χ1n) is 13.1. The van der Waals surface area contributed by atoms with E-state index in [2.05, 4.69) is 5.32 Å². The van der Waals surface area contributed by atoms with E-state index in [1.165, 1.54) is 56.4 Å². The van der Waals surface area contributed by atoms with Crippen LogP contribution in [-0.2, 0) is 57.9 Å². The molecule has 19 heteroatoms. The second-order valence-electron chi connectivity index (χ2n) is 10.9. The summed E-state index contributed by atoms with van der Waals surface area (Å²) in [6.45, 7) is 3.15. The number of nitro groups is 1. The van der Waals surface area contributed by atoms with Crippen LogP contribution in [0, 0.1) is 10.1 Å². The third-order valence-corrected chi connectivity index (χ3v) is 9.81. The van der Waals surface area contributed by atoms with Gasteiger partial charge in [0, 0.05) is 17.0 Å². The lowest BCUT2D eigenvalue weighted by molar-refractivity contribution is -0.384. The van der Waals surface area contributed by atoms with Crippen molar-refractivity contribution in [3.05, 3.63) is 73.6 Å². The summed E-state index contributed by atoms with van der Waals surface area (Å²) >= 11 is 1.33. The van der Waals surface area contributed by atoms with Crippen molar-refractivity contribution < 1.29 is 46.2 Å². The topological polar surface area (TPSA) is 226 Å². The molecule has 3 heterocycles. The third kappa shape index (κ3) is 7.91. The zero-order chi connectivity index (χ0) is 33.3. The quantitative estimate of drug-likeness (QED) is 0.156. The highest BCUT2D eigenvalue weighted by atomic mass is 32.2. The number of non-ortho nitro benzene ring substituents is 1. The van der Waals surface area contributed by atoms with E-state index in [1.54, 1.807) is 17.5 Å². The zero-order valence-corrected chi connectivity index (χ0v) is 26.6. The number of nitrogens with zero attached hydrogens (tertiary/aromatic N) is 3. The molecule has 1 aromatic heterocycles. The molecule has 0 bridgehead atoms. The first-order valence-corrected chi connectivity index (χ1v) is 16.9. The number of carbonyl (C=O) groups excluding carboxylic acids is 4. The van der Waals surface area contributed by atoms with E-state index >= 15 is 0 Å². The molecule has 2 aliphatic rings. The van der Waals surface area contributed by atoms with Gasteiger partial charge in [-0.1, -0.05) is 6.07 Å². The first kappa shape index (κ1) is 33.7. The second kappa shape index (κ2) is 13.0. The molecule has 45 heavy (non-hydrogen) atoms. The van der Waals surface area contributed by atoms with Gasteiger partial charge in [0.15, 0.2) is 0 Å². The maximum atomic E-state index is 13.5. The van der Waals surface area contributed by atoms with E-state index in [-0.39, 0.29) is 22.0 Å². The summed E-state index contributed by atoms with van der Waals surface area (Å²) in [5.41, 5.74) is -1.69. The van der Waals surface area contributed by atoms with Crippen LogP contribution in [0.4, 0.5) is 10.5 Å². The van der Waals surface area contributed by atoms with Crippen LogP contribution >= 0.6 is 11.3 Å². The van der Waals surface area contributed by atoms with Crippen molar-refractivity contribution >= 4 is 61.9 Å². The number of nitrogens with one attached hydrogen (secondary N) is 1. The number of benzene rings is 1. The average Bonchev–Trinajstić information content (AvgIpc) is 3.44. The summed E-state index contributed by atoms with van der Waals surface area (Å²) in [7, 11) is -6.76. The number of hydrogen-bond donors (Lipinski definition) is 2. The van der Waals surface area contributed by atoms with Gasteiger partial charge >= 0.3 is 22.3 Å². The second-order valence-corrected chi connectivity index (χ2v) is 14.9. The fourth-order valence-corrected chi connectivity index (χ4v) is 7.39. The summed E-state index contributed by atoms with van der Waals surface area (Å²) < 4.78 is 48.9. The number of hydrogen-bond acceptors (Lipinski definition) is 12. The number of β-lactam (4-membered cyclic amide) rings is 1. The van der Waals surface area contributed by atoms with Gasteiger partial charge in [-0.2, -0.15) is 12.7 Å². The molecule has 242 valence electrons. The number of amides is 3. The van der Waals surface area contributed by atoms with Gasteiger partial charge in [-0.3, -0.25) is 28.8 Å². The summed E-state index contributed by atoms with van der Waals surface area (Å²) in [4.78, 5) is 64.2. The van der Waals surface area contributed by atoms with Gasteiger partial charge in [0.2, 0.25) is 5.91 Å². The summed E-state index contributed by atoms with van der Waals surface area (Å²) in [5, 5.41) is 19.4. The SMILES string of the molecule is CC(C)(C)OC(=O)N(CC1=C(C(=O)OCc2ccc([N+](=O)[O-])cc2)N2C(=O)C(NC(=O)Cc3cccs3)[C@@H]2S(=O)C1)S(N)(=O)=O. The molecule has 2 unspecified atom stereocenters. The number of ether oxygens (including phenoxy) is 2. The molecule has 0 aliphatic carbocycles. The first-order chi connectivity index (χ1) is 21.0. The van der Waals surface area contributed by atoms with Crippen LogP contribution in [0.5, 0.6) is 0 Å². The fourth-order valence-electron chi connectivity index (χ4n) is 4.43. The minimum absolute atomic E-state index is 0.0365. The van der Waals surface area contributed by atoms with E-state index < -0.39 is 91.4 Å². The van der Waals surface area contributed by atoms with Crippen LogP contribution in [0.1, 0.15) is 31.2 Å². The van der Waals surface area contributed by atoms with Crippen LogP contribution in [0.25, 0.3) is 0 Å². The van der Waals surface area contributed by atoms with E-state index in [4.69, 9.17) is 14.6 Å². The number of thiophene rings is 1. The standard InChI is InChI=1S/C26H29N5O11S3/c1-26(2,3)42-25(35)29(45(27,39)40)12-16-14-44(38)23-20(28-19(32)11-18-5-4-10-43-18)22(33)30(23)21(16)24(34)41-13-15-6-8-17(9-7-15)31(36)37/h4-10,20,23H,11-14H2,1-3H3,(H,28,32)(H2,27,39,40)/t20?,23-,44?/m0/s1. The Morgan fingerprint density at radius 3 is 2.44 bits per heavy atom.